The van der Waals surface area contributed by atoms with Crippen molar-refractivity contribution in [3.05, 3.63) is 28.8 Å². The Labute approximate surface area is 102 Å². The number of nitrogens with one attached hydrogen (secondary N) is 1. The molecule has 0 saturated carbocycles. The van der Waals surface area contributed by atoms with Crippen LogP contribution in [0.25, 0.3) is 0 Å². The molecule has 92 valence electrons. The van der Waals surface area contributed by atoms with Crippen LogP contribution in [0.5, 0.6) is 0 Å². The molecule has 0 bridgehead atoms. The maximum absolute atomic E-state index is 12.6. The van der Waals surface area contributed by atoms with Gasteiger partial charge in [-0.2, -0.15) is 18.4 Å². The smallest absolute Gasteiger partial charge is 0.370 e. The Kier molecular flexibility index (Phi) is 4.24. The van der Waals surface area contributed by atoms with Crippen LogP contribution >= 0.6 is 11.6 Å². The van der Waals surface area contributed by atoms with Crippen molar-refractivity contribution in [2.45, 2.75) is 25.6 Å². The Morgan fingerprint density at radius 1 is 1.47 bits per heavy atom. The zero-order chi connectivity index (χ0) is 13.1. The number of hydrogen-bond acceptors (Lipinski definition) is 2. The molecule has 1 aromatic carbocycles. The minimum atomic E-state index is -4.50. The van der Waals surface area contributed by atoms with Gasteiger partial charge in [0.2, 0.25) is 0 Å². The van der Waals surface area contributed by atoms with E-state index < -0.39 is 17.8 Å². The summed E-state index contributed by atoms with van der Waals surface area (Å²) in [4.78, 5) is 0. The fraction of sp³-hybridized carbons (Fsp3) is 0.364. The molecule has 0 spiro atoms. The zero-order valence-electron chi connectivity index (χ0n) is 8.98. The number of rotatable bonds is 3. The first kappa shape index (κ1) is 13.7. The quantitative estimate of drug-likeness (QED) is 0.891. The summed E-state index contributed by atoms with van der Waals surface area (Å²) in [5.41, 5.74) is -0.674. The molecule has 1 N–H and O–H groups in total. The molecule has 2 nitrogen and oxygen atoms in total. The van der Waals surface area contributed by atoms with E-state index in [2.05, 4.69) is 5.32 Å². The average Bonchev–Trinajstić information content (AvgIpc) is 2.26. The summed E-state index contributed by atoms with van der Waals surface area (Å²) in [6, 6.07) is 4.91. The maximum Gasteiger partial charge on any atom is 0.417 e. The van der Waals surface area contributed by atoms with E-state index >= 15 is 0 Å². The van der Waals surface area contributed by atoms with Gasteiger partial charge in [0.25, 0.3) is 0 Å². The van der Waals surface area contributed by atoms with Crippen molar-refractivity contribution in [2.24, 2.45) is 0 Å². The second-order valence-corrected chi connectivity index (χ2v) is 3.83. The predicted octanol–water partition coefficient (Wildman–Crippen LogP) is 4.07. The van der Waals surface area contributed by atoms with Crippen LogP contribution < -0.4 is 5.32 Å². The van der Waals surface area contributed by atoms with Crippen LogP contribution in [0.2, 0.25) is 5.02 Å². The fourth-order valence-electron chi connectivity index (χ4n) is 1.26. The lowest BCUT2D eigenvalue weighted by Gasteiger charge is -2.14. The number of anilines is 1. The monoisotopic (exact) mass is 262 g/mol. The lowest BCUT2D eigenvalue weighted by Crippen LogP contribution is -2.16. The van der Waals surface area contributed by atoms with E-state index in [1.165, 1.54) is 6.07 Å². The largest absolute Gasteiger partial charge is 0.417 e. The summed E-state index contributed by atoms with van der Waals surface area (Å²) >= 11 is 5.47. The van der Waals surface area contributed by atoms with E-state index in [0.29, 0.717) is 6.42 Å². The van der Waals surface area contributed by atoms with Gasteiger partial charge in [0.05, 0.1) is 16.7 Å². The van der Waals surface area contributed by atoms with Gasteiger partial charge in [-0.05, 0) is 24.6 Å². The van der Waals surface area contributed by atoms with Crippen LogP contribution in [0.1, 0.15) is 18.9 Å². The summed E-state index contributed by atoms with van der Waals surface area (Å²) in [5.74, 6) is 0. The molecule has 17 heavy (non-hydrogen) atoms. The molecule has 0 heterocycles. The second kappa shape index (κ2) is 5.28. The SMILES string of the molecule is CCC(C#N)Nc1ccc(Cl)c(C(F)(F)F)c1. The van der Waals surface area contributed by atoms with Crippen LogP contribution in [0.3, 0.4) is 0 Å². The molecule has 0 amide bonds. The van der Waals surface area contributed by atoms with E-state index in [0.717, 1.165) is 12.1 Å². The molecule has 0 fully saturated rings. The number of hydrogen-bond donors (Lipinski definition) is 1. The van der Waals surface area contributed by atoms with E-state index in [4.69, 9.17) is 16.9 Å². The molecule has 1 unspecified atom stereocenters. The Hall–Kier alpha value is -1.41. The minimum Gasteiger partial charge on any atom is -0.370 e. The van der Waals surface area contributed by atoms with Crippen LogP contribution in [0.15, 0.2) is 18.2 Å². The summed E-state index contributed by atoms with van der Waals surface area (Å²) in [6.45, 7) is 1.77. The highest BCUT2D eigenvalue weighted by molar-refractivity contribution is 6.31. The van der Waals surface area contributed by atoms with Gasteiger partial charge in [-0.25, -0.2) is 0 Å². The Morgan fingerprint density at radius 3 is 2.59 bits per heavy atom. The van der Waals surface area contributed by atoms with Crippen LogP contribution in [0.4, 0.5) is 18.9 Å². The first-order valence-corrected chi connectivity index (χ1v) is 5.29. The molecule has 0 aliphatic heterocycles. The topological polar surface area (TPSA) is 35.8 Å². The average molecular weight is 263 g/mol. The number of nitriles is 1. The fourth-order valence-corrected chi connectivity index (χ4v) is 1.48. The normalized spacial score (nSPS) is 12.9. The molecular formula is C11H10ClF3N2. The highest BCUT2D eigenvalue weighted by Crippen LogP contribution is 2.36. The van der Waals surface area contributed by atoms with Crippen molar-refractivity contribution in [3.8, 4) is 6.07 Å². The number of halogens is 4. The second-order valence-electron chi connectivity index (χ2n) is 3.43. The van der Waals surface area contributed by atoms with Crippen molar-refractivity contribution >= 4 is 17.3 Å². The predicted molar refractivity (Wildman–Crippen MR) is 59.8 cm³/mol. The van der Waals surface area contributed by atoms with E-state index in [9.17, 15) is 13.2 Å². The van der Waals surface area contributed by atoms with Gasteiger partial charge in [-0.1, -0.05) is 18.5 Å². The van der Waals surface area contributed by atoms with Gasteiger partial charge in [0.15, 0.2) is 0 Å². The molecule has 0 saturated heterocycles. The van der Waals surface area contributed by atoms with Crippen LogP contribution in [-0.2, 0) is 6.18 Å². The number of nitrogens with zero attached hydrogens (tertiary/aromatic N) is 1. The van der Waals surface area contributed by atoms with Gasteiger partial charge < -0.3 is 5.32 Å². The van der Waals surface area contributed by atoms with Gasteiger partial charge >= 0.3 is 6.18 Å². The first-order chi connectivity index (χ1) is 7.88. The summed E-state index contributed by atoms with van der Waals surface area (Å²) in [7, 11) is 0. The molecule has 0 aromatic heterocycles. The highest BCUT2D eigenvalue weighted by Gasteiger charge is 2.33. The third kappa shape index (κ3) is 3.53. The first-order valence-electron chi connectivity index (χ1n) is 4.91. The van der Waals surface area contributed by atoms with Crippen molar-refractivity contribution in [2.75, 3.05) is 5.32 Å². The lowest BCUT2D eigenvalue weighted by molar-refractivity contribution is -0.137. The van der Waals surface area contributed by atoms with E-state index in [1.54, 1.807) is 6.92 Å². The van der Waals surface area contributed by atoms with Crippen LogP contribution in [0, 0.1) is 11.3 Å². The summed E-state index contributed by atoms with van der Waals surface area (Å²) in [6.07, 6.45) is -4.00. The van der Waals surface area contributed by atoms with Crippen molar-refractivity contribution in [3.63, 3.8) is 0 Å². The third-order valence-electron chi connectivity index (χ3n) is 2.18. The molecule has 1 rings (SSSR count). The third-order valence-corrected chi connectivity index (χ3v) is 2.51. The van der Waals surface area contributed by atoms with Crippen molar-refractivity contribution in [1.29, 1.82) is 5.26 Å². The number of alkyl halides is 3. The summed E-state index contributed by atoms with van der Waals surface area (Å²) < 4.78 is 37.7. The zero-order valence-corrected chi connectivity index (χ0v) is 9.73. The van der Waals surface area contributed by atoms with E-state index in [-0.39, 0.29) is 10.7 Å². The molecule has 0 radical (unpaired) electrons. The standard InChI is InChI=1S/C11H10ClF3N2/c1-2-7(6-16)17-8-3-4-10(12)9(5-8)11(13,14)15/h3-5,7,17H,2H2,1H3. The van der Waals surface area contributed by atoms with Crippen LogP contribution in [-0.4, -0.2) is 6.04 Å². The number of benzene rings is 1. The van der Waals surface area contributed by atoms with Gasteiger partial charge in [0.1, 0.15) is 6.04 Å². The minimum absolute atomic E-state index is 0.232. The molecule has 1 atom stereocenters. The molecular weight excluding hydrogens is 253 g/mol. The molecule has 0 aliphatic carbocycles. The summed E-state index contributed by atoms with van der Waals surface area (Å²) in [5, 5.41) is 11.1. The molecule has 6 heteroatoms. The van der Waals surface area contributed by atoms with Crippen molar-refractivity contribution in [1.82, 2.24) is 0 Å². The Bertz CT molecular complexity index is 437. The van der Waals surface area contributed by atoms with Gasteiger partial charge in [-0.15, -0.1) is 0 Å². The lowest BCUT2D eigenvalue weighted by atomic mass is 10.1. The maximum atomic E-state index is 12.6. The molecule has 0 aliphatic rings. The van der Waals surface area contributed by atoms with Gasteiger partial charge in [-0.3, -0.25) is 0 Å². The van der Waals surface area contributed by atoms with E-state index in [1.807, 2.05) is 6.07 Å². The van der Waals surface area contributed by atoms with Gasteiger partial charge in [0, 0.05) is 5.69 Å². The Morgan fingerprint density at radius 2 is 2.12 bits per heavy atom. The van der Waals surface area contributed by atoms with Crippen molar-refractivity contribution < 1.29 is 13.2 Å². The highest BCUT2D eigenvalue weighted by atomic mass is 35.5. The molecule has 1 aromatic rings. The Balaban J connectivity index is 3.02.